The number of cyclic esters (lactones) is 1. The molecule has 6 aliphatic rings. The van der Waals surface area contributed by atoms with Crippen LogP contribution in [0.5, 0.6) is 6.01 Å². The number of esters is 1. The molecule has 0 radical (unpaired) electrons. The maximum absolute atomic E-state index is 13.8. The molecule has 8 rings (SSSR count). The van der Waals surface area contributed by atoms with E-state index in [2.05, 4.69) is 20.8 Å². The Morgan fingerprint density at radius 1 is 1.14 bits per heavy atom. The summed E-state index contributed by atoms with van der Waals surface area (Å²) in [6.45, 7) is 12.6. The lowest BCUT2D eigenvalue weighted by molar-refractivity contribution is 0.0180. The van der Waals surface area contributed by atoms with E-state index in [0.717, 1.165) is 61.9 Å². The highest BCUT2D eigenvalue weighted by molar-refractivity contribution is 8.00. The molecule has 0 aromatic carbocycles. The van der Waals surface area contributed by atoms with Crippen LogP contribution < -0.4 is 20.3 Å². The quantitative estimate of drug-likeness (QED) is 0.436. The Kier molecular flexibility index (Phi) is 8.05. The van der Waals surface area contributed by atoms with Crippen LogP contribution in [-0.4, -0.2) is 122 Å². The molecule has 7 heterocycles. The fourth-order valence-corrected chi connectivity index (χ4v) is 10.3. The lowest BCUT2D eigenvalue weighted by Gasteiger charge is -2.49. The summed E-state index contributed by atoms with van der Waals surface area (Å²) in [6.07, 6.45) is 1.75. The number of nitrogens with zero attached hydrogens (tertiary/aromatic N) is 7. The number of nitrogens with two attached hydrogens (primary N) is 1. The van der Waals surface area contributed by atoms with Crippen LogP contribution in [0.1, 0.15) is 60.0 Å². The van der Waals surface area contributed by atoms with Crippen LogP contribution in [0, 0.1) is 16.7 Å². The lowest BCUT2D eigenvalue weighted by atomic mass is 9.88. The number of aromatic nitrogens is 2. The summed E-state index contributed by atoms with van der Waals surface area (Å²) in [5, 5.41) is 10.5. The zero-order valence-corrected chi connectivity index (χ0v) is 29.8. The number of ether oxygens (including phenoxy) is 4. The number of piperazine rings is 1. The van der Waals surface area contributed by atoms with Crippen molar-refractivity contribution < 1.29 is 28.5 Å². The Balaban J connectivity index is 1.10. The molecular formula is C33H42N8O6S2. The Morgan fingerprint density at radius 3 is 2.61 bits per heavy atom. The molecule has 14 nitrogen and oxygen atoms in total. The third-order valence-electron chi connectivity index (χ3n) is 10.2. The number of thioether (sulfide) groups is 1. The van der Waals surface area contributed by atoms with Gasteiger partial charge in [-0.3, -0.25) is 4.90 Å². The average Bonchev–Trinajstić information content (AvgIpc) is 3.64. The second-order valence-electron chi connectivity index (χ2n) is 15.0. The third-order valence-corrected chi connectivity index (χ3v) is 12.9. The molecule has 1 aliphatic carbocycles. The van der Waals surface area contributed by atoms with E-state index in [0.29, 0.717) is 67.1 Å². The van der Waals surface area contributed by atoms with Gasteiger partial charge in [0.25, 0.3) is 0 Å². The Bertz CT molecular complexity index is 1710. The molecule has 2 aromatic heterocycles. The second-order valence-corrected chi connectivity index (χ2v) is 17.5. The van der Waals surface area contributed by atoms with Crippen LogP contribution in [-0.2, 0) is 24.7 Å². The topological polar surface area (TPSA) is 160 Å². The Morgan fingerprint density at radius 2 is 1.90 bits per heavy atom. The summed E-state index contributed by atoms with van der Waals surface area (Å²) >= 11 is 3.30. The van der Waals surface area contributed by atoms with Crippen molar-refractivity contribution in [1.82, 2.24) is 19.8 Å². The maximum atomic E-state index is 13.8. The fourth-order valence-electron chi connectivity index (χ4n) is 7.53. The Labute approximate surface area is 293 Å². The number of nitriles is 1. The lowest BCUT2D eigenvalue weighted by Crippen LogP contribution is -2.58. The summed E-state index contributed by atoms with van der Waals surface area (Å²) in [5.74, 6) is 1.23. The van der Waals surface area contributed by atoms with Gasteiger partial charge in [0, 0.05) is 74.0 Å². The number of carbonyl (C=O) groups excluding carboxylic acids is 2. The van der Waals surface area contributed by atoms with Gasteiger partial charge < -0.3 is 39.4 Å². The molecule has 1 unspecified atom stereocenters. The number of hydrogen-bond acceptors (Lipinski definition) is 15. The molecule has 1 atom stereocenters. The van der Waals surface area contributed by atoms with Gasteiger partial charge in [0.15, 0.2) is 11.6 Å². The monoisotopic (exact) mass is 710 g/mol. The van der Waals surface area contributed by atoms with Crippen LogP contribution in [0.3, 0.4) is 0 Å². The van der Waals surface area contributed by atoms with E-state index < -0.39 is 17.7 Å². The number of rotatable bonds is 6. The highest BCUT2D eigenvalue weighted by Gasteiger charge is 2.54. The molecule has 4 fully saturated rings. The molecule has 1 amide bonds. The molecular weight excluding hydrogens is 669 g/mol. The van der Waals surface area contributed by atoms with Crippen molar-refractivity contribution in [3.63, 3.8) is 0 Å². The normalized spacial score (nSPS) is 23.8. The van der Waals surface area contributed by atoms with Crippen LogP contribution >= 0.6 is 23.1 Å². The van der Waals surface area contributed by atoms with Crippen LogP contribution in [0.25, 0.3) is 0 Å². The molecule has 1 spiro atoms. The number of nitrogen functional groups attached to an aromatic ring is 1. The largest absolute Gasteiger partial charge is 0.463 e. The highest BCUT2D eigenvalue weighted by atomic mass is 32.2. The van der Waals surface area contributed by atoms with Crippen LogP contribution in [0.2, 0.25) is 0 Å². The first-order valence-corrected chi connectivity index (χ1v) is 18.7. The number of hydrogen-bond donors (Lipinski definition) is 1. The van der Waals surface area contributed by atoms with Crippen molar-refractivity contribution >= 4 is 51.8 Å². The van der Waals surface area contributed by atoms with Gasteiger partial charge in [-0.15, -0.1) is 23.1 Å². The standard InChI is InChI=1S/C33H42N8O6S2/c1-31(2,3)47-30(43)39-6-7-41-20(13-39)14-45-28(42)23-26(40-17-33(18-40)24-21(12-34)25(35)49-22(24)15-48-33)36-29(37-27(23)41)46-19-32(4-5-32)16-38-8-10-44-11-9-38/h20H,4-11,13-19,35H2,1-3H3. The van der Waals surface area contributed by atoms with E-state index >= 15 is 0 Å². The highest BCUT2D eigenvalue weighted by Crippen LogP contribution is 2.58. The summed E-state index contributed by atoms with van der Waals surface area (Å²) < 4.78 is 23.2. The SMILES string of the molecule is CC(C)(C)OC(=O)N1CCN2c3nc(OCC4(CN5CCOCC5)CC4)nc(N4CC5(C4)SCc4sc(N)c(C#N)c45)c3C(=O)OCC2C1. The summed E-state index contributed by atoms with van der Waals surface area (Å²) in [4.78, 5) is 46.0. The van der Waals surface area contributed by atoms with Crippen molar-refractivity contribution in [3.8, 4) is 12.1 Å². The number of morpholine rings is 1. The molecule has 2 aromatic rings. The van der Waals surface area contributed by atoms with E-state index in [4.69, 9.17) is 34.6 Å². The van der Waals surface area contributed by atoms with Gasteiger partial charge in [0.1, 0.15) is 28.8 Å². The molecule has 2 N–H and O–H groups in total. The van der Waals surface area contributed by atoms with Crippen molar-refractivity contribution in [2.24, 2.45) is 5.41 Å². The van der Waals surface area contributed by atoms with Crippen molar-refractivity contribution in [3.05, 3.63) is 21.6 Å². The zero-order valence-electron chi connectivity index (χ0n) is 28.2. The van der Waals surface area contributed by atoms with Gasteiger partial charge in [0.2, 0.25) is 0 Å². The first kappa shape index (κ1) is 32.7. The number of amides is 1. The van der Waals surface area contributed by atoms with E-state index in [9.17, 15) is 14.9 Å². The zero-order chi connectivity index (χ0) is 34.1. The Hall–Kier alpha value is -3.52. The third kappa shape index (κ3) is 6.02. The van der Waals surface area contributed by atoms with Crippen molar-refractivity contribution in [2.75, 3.05) is 94.3 Å². The molecule has 1 saturated carbocycles. The van der Waals surface area contributed by atoms with Crippen LogP contribution in [0.15, 0.2) is 0 Å². The number of carbonyl (C=O) groups is 2. The predicted molar refractivity (Wildman–Crippen MR) is 184 cm³/mol. The van der Waals surface area contributed by atoms with Gasteiger partial charge in [-0.1, -0.05) is 0 Å². The molecule has 16 heteroatoms. The van der Waals surface area contributed by atoms with Gasteiger partial charge in [-0.25, -0.2) is 9.59 Å². The summed E-state index contributed by atoms with van der Waals surface area (Å²) in [7, 11) is 0. The first-order chi connectivity index (χ1) is 23.5. The van der Waals surface area contributed by atoms with Gasteiger partial charge >= 0.3 is 18.1 Å². The van der Waals surface area contributed by atoms with Crippen molar-refractivity contribution in [2.45, 2.75) is 55.8 Å². The minimum absolute atomic E-state index is 0.0401. The molecule has 262 valence electrons. The number of fused-ring (bicyclic) bond motifs is 5. The van der Waals surface area contributed by atoms with Crippen molar-refractivity contribution in [1.29, 1.82) is 5.26 Å². The number of thiophene rings is 1. The molecule has 3 saturated heterocycles. The molecule has 5 aliphatic heterocycles. The predicted octanol–water partition coefficient (Wildman–Crippen LogP) is 3.04. The maximum Gasteiger partial charge on any atom is 0.410 e. The fraction of sp³-hybridized carbons (Fsp3) is 0.667. The number of anilines is 3. The average molecular weight is 711 g/mol. The van der Waals surface area contributed by atoms with E-state index in [1.165, 1.54) is 11.3 Å². The smallest absolute Gasteiger partial charge is 0.410 e. The van der Waals surface area contributed by atoms with Gasteiger partial charge in [0.05, 0.1) is 36.2 Å². The van der Waals surface area contributed by atoms with Crippen LogP contribution in [0.4, 0.5) is 21.4 Å². The van der Waals surface area contributed by atoms with E-state index in [-0.39, 0.29) is 28.8 Å². The summed E-state index contributed by atoms with van der Waals surface area (Å²) in [5.41, 5.74) is 7.54. The first-order valence-electron chi connectivity index (χ1n) is 16.9. The van der Waals surface area contributed by atoms with Gasteiger partial charge in [-0.2, -0.15) is 15.2 Å². The second kappa shape index (κ2) is 12.1. The van der Waals surface area contributed by atoms with Gasteiger partial charge in [-0.05, 0) is 33.6 Å². The molecule has 49 heavy (non-hydrogen) atoms. The minimum Gasteiger partial charge on any atom is -0.463 e. The molecule has 0 bridgehead atoms. The van der Waals surface area contributed by atoms with E-state index in [1.807, 2.05) is 32.5 Å². The minimum atomic E-state index is -0.624. The summed E-state index contributed by atoms with van der Waals surface area (Å²) in [6, 6.07) is 2.24. The van der Waals surface area contributed by atoms with E-state index in [1.54, 1.807) is 4.90 Å².